The Kier molecular flexibility index (Phi) is 5.72. The number of ketones is 1. The summed E-state index contributed by atoms with van der Waals surface area (Å²) in [6.07, 6.45) is 4.41. The van der Waals surface area contributed by atoms with Crippen molar-refractivity contribution in [1.29, 1.82) is 0 Å². The summed E-state index contributed by atoms with van der Waals surface area (Å²) in [5.41, 5.74) is -1.01. The highest BCUT2D eigenvalue weighted by atomic mass is 32.2. The van der Waals surface area contributed by atoms with Gasteiger partial charge in [0.15, 0.2) is 11.5 Å². The Morgan fingerprint density at radius 3 is 2.61 bits per heavy atom. The van der Waals surface area contributed by atoms with Gasteiger partial charge in [0.1, 0.15) is 17.2 Å². The van der Waals surface area contributed by atoms with Gasteiger partial charge in [-0.2, -0.15) is 5.10 Å². The number of carbonyl (C=O) groups is 1. The van der Waals surface area contributed by atoms with E-state index in [0.717, 1.165) is 12.1 Å². The number of aromatic amines is 2. The van der Waals surface area contributed by atoms with Crippen LogP contribution in [-0.4, -0.2) is 45.1 Å². The van der Waals surface area contributed by atoms with Crippen molar-refractivity contribution in [2.24, 2.45) is 0 Å². The summed E-state index contributed by atoms with van der Waals surface area (Å²) in [7, 11) is -4.00. The molecule has 3 N–H and O–H groups in total. The molecule has 0 aliphatic carbocycles. The standard InChI is InChI=1S/C20H16F2N6O4S/c1-2-5-33(31,32)28-17-14(21)4-3-12(15(17)22)18(29)16-13-6-10(7-23-19(13)27-26-16)11-8-24-20(30)25-9-11/h3-4,6-9,28H,2,5H2,1H3,(H,23,26,27)(H,24,25,30). The highest BCUT2D eigenvalue weighted by Crippen LogP contribution is 2.28. The summed E-state index contributed by atoms with van der Waals surface area (Å²) < 4.78 is 55.1. The Labute approximate surface area is 185 Å². The second-order valence-electron chi connectivity index (χ2n) is 7.04. The molecular formula is C20H16F2N6O4S. The largest absolute Gasteiger partial charge is 0.344 e. The Balaban J connectivity index is 1.77. The Hall–Kier alpha value is -4.00. The number of hydrogen-bond acceptors (Lipinski definition) is 7. The van der Waals surface area contributed by atoms with Gasteiger partial charge in [0.05, 0.1) is 16.7 Å². The molecule has 3 heterocycles. The number of rotatable bonds is 7. The third-order valence-corrected chi connectivity index (χ3v) is 6.17. The summed E-state index contributed by atoms with van der Waals surface area (Å²) in [6, 6.07) is 3.26. The first-order chi connectivity index (χ1) is 15.7. The number of H-pyrrole nitrogens is 2. The molecule has 10 nitrogen and oxygen atoms in total. The summed E-state index contributed by atoms with van der Waals surface area (Å²) in [5.74, 6) is -3.74. The van der Waals surface area contributed by atoms with Gasteiger partial charge in [-0.3, -0.25) is 14.6 Å². The van der Waals surface area contributed by atoms with Gasteiger partial charge in [0.2, 0.25) is 15.8 Å². The number of nitrogens with zero attached hydrogens (tertiary/aromatic N) is 3. The first-order valence-corrected chi connectivity index (χ1v) is 11.3. The zero-order valence-corrected chi connectivity index (χ0v) is 17.8. The van der Waals surface area contributed by atoms with Gasteiger partial charge in [0, 0.05) is 29.7 Å². The van der Waals surface area contributed by atoms with E-state index in [0.29, 0.717) is 11.1 Å². The monoisotopic (exact) mass is 474 g/mol. The van der Waals surface area contributed by atoms with Crippen LogP contribution in [0.25, 0.3) is 22.2 Å². The van der Waals surface area contributed by atoms with E-state index in [9.17, 15) is 22.4 Å². The van der Waals surface area contributed by atoms with E-state index in [1.54, 1.807) is 13.0 Å². The molecule has 0 atom stereocenters. The van der Waals surface area contributed by atoms with Crippen LogP contribution in [-0.2, 0) is 10.0 Å². The van der Waals surface area contributed by atoms with Crippen LogP contribution < -0.4 is 10.4 Å². The maximum atomic E-state index is 15.0. The first kappa shape index (κ1) is 22.2. The minimum atomic E-state index is -4.00. The third kappa shape index (κ3) is 4.35. The molecule has 13 heteroatoms. The lowest BCUT2D eigenvalue weighted by Crippen LogP contribution is -2.19. The highest BCUT2D eigenvalue weighted by molar-refractivity contribution is 7.92. The number of halogens is 2. The SMILES string of the molecule is CCCS(=O)(=O)Nc1c(F)ccc(C(=O)c2[nH]nc3ncc(-c4cnc(=O)[nH]c4)cc23)c1F. The van der Waals surface area contributed by atoms with Crippen molar-refractivity contribution in [1.82, 2.24) is 25.1 Å². The quantitative estimate of drug-likeness (QED) is 0.348. The highest BCUT2D eigenvalue weighted by Gasteiger charge is 2.25. The van der Waals surface area contributed by atoms with Crippen molar-refractivity contribution >= 4 is 32.5 Å². The fraction of sp³-hybridized carbons (Fsp3) is 0.150. The molecule has 170 valence electrons. The molecule has 4 aromatic rings. The summed E-state index contributed by atoms with van der Waals surface area (Å²) in [4.78, 5) is 34.5. The number of sulfonamides is 1. The Morgan fingerprint density at radius 1 is 1.15 bits per heavy atom. The summed E-state index contributed by atoms with van der Waals surface area (Å²) in [6.45, 7) is 1.60. The number of hydrogen-bond donors (Lipinski definition) is 3. The van der Waals surface area contributed by atoms with E-state index in [4.69, 9.17) is 0 Å². The molecule has 0 spiro atoms. The van der Waals surface area contributed by atoms with Crippen molar-refractivity contribution in [2.45, 2.75) is 13.3 Å². The van der Waals surface area contributed by atoms with Crippen LogP contribution in [0, 0.1) is 11.6 Å². The molecule has 4 rings (SSSR count). The van der Waals surface area contributed by atoms with E-state index in [1.807, 2.05) is 4.72 Å². The van der Waals surface area contributed by atoms with E-state index in [-0.39, 0.29) is 28.9 Å². The maximum Gasteiger partial charge on any atom is 0.344 e. The minimum Gasteiger partial charge on any atom is -0.312 e. The molecule has 0 unspecified atom stereocenters. The predicted molar refractivity (Wildman–Crippen MR) is 115 cm³/mol. The average molecular weight is 474 g/mol. The van der Waals surface area contributed by atoms with Crippen LogP contribution >= 0.6 is 0 Å². The van der Waals surface area contributed by atoms with E-state index in [2.05, 4.69) is 25.1 Å². The van der Waals surface area contributed by atoms with Crippen molar-refractivity contribution < 1.29 is 22.0 Å². The van der Waals surface area contributed by atoms with Crippen molar-refractivity contribution in [3.05, 3.63) is 70.2 Å². The van der Waals surface area contributed by atoms with Crippen LogP contribution in [0.15, 0.2) is 41.6 Å². The normalized spacial score (nSPS) is 11.6. The Bertz CT molecular complexity index is 1530. The second kappa shape index (κ2) is 8.50. The van der Waals surface area contributed by atoms with Crippen LogP contribution in [0.2, 0.25) is 0 Å². The molecule has 1 aromatic carbocycles. The number of anilines is 1. The zero-order chi connectivity index (χ0) is 23.8. The van der Waals surface area contributed by atoms with E-state index >= 15 is 4.39 Å². The van der Waals surface area contributed by atoms with Gasteiger partial charge in [-0.25, -0.2) is 32.0 Å². The number of fused-ring (bicyclic) bond motifs is 1. The number of aromatic nitrogens is 5. The lowest BCUT2D eigenvalue weighted by Gasteiger charge is -2.11. The average Bonchev–Trinajstić information content (AvgIpc) is 3.20. The van der Waals surface area contributed by atoms with Crippen LogP contribution in [0.5, 0.6) is 0 Å². The van der Waals surface area contributed by atoms with Crippen LogP contribution in [0.4, 0.5) is 14.5 Å². The molecule has 0 aliphatic rings. The maximum absolute atomic E-state index is 15.0. The van der Waals surface area contributed by atoms with Gasteiger partial charge in [-0.1, -0.05) is 6.92 Å². The summed E-state index contributed by atoms with van der Waals surface area (Å²) in [5, 5.41) is 6.66. The zero-order valence-electron chi connectivity index (χ0n) is 17.0. The number of benzene rings is 1. The predicted octanol–water partition coefficient (Wildman–Crippen LogP) is 2.37. The first-order valence-electron chi connectivity index (χ1n) is 9.62. The van der Waals surface area contributed by atoms with E-state index < -0.39 is 44.4 Å². The van der Waals surface area contributed by atoms with Crippen molar-refractivity contribution in [2.75, 3.05) is 10.5 Å². The molecule has 0 saturated carbocycles. The molecule has 0 saturated heterocycles. The number of pyridine rings is 1. The lowest BCUT2D eigenvalue weighted by molar-refractivity contribution is 0.103. The summed E-state index contributed by atoms with van der Waals surface area (Å²) >= 11 is 0. The van der Waals surface area contributed by atoms with Gasteiger partial charge >= 0.3 is 5.69 Å². The van der Waals surface area contributed by atoms with Crippen LogP contribution in [0.1, 0.15) is 29.4 Å². The number of nitrogens with one attached hydrogen (secondary N) is 3. The third-order valence-electron chi connectivity index (χ3n) is 4.71. The molecule has 0 radical (unpaired) electrons. The molecular weight excluding hydrogens is 458 g/mol. The van der Waals surface area contributed by atoms with Crippen molar-refractivity contribution in [3.8, 4) is 11.1 Å². The van der Waals surface area contributed by atoms with Crippen molar-refractivity contribution in [3.63, 3.8) is 0 Å². The molecule has 33 heavy (non-hydrogen) atoms. The second-order valence-corrected chi connectivity index (χ2v) is 8.88. The van der Waals surface area contributed by atoms with Gasteiger partial charge in [-0.05, 0) is 24.6 Å². The molecule has 0 amide bonds. The van der Waals surface area contributed by atoms with E-state index in [1.165, 1.54) is 18.6 Å². The molecule has 3 aromatic heterocycles. The van der Waals surface area contributed by atoms with Gasteiger partial charge in [0.25, 0.3) is 0 Å². The smallest absolute Gasteiger partial charge is 0.312 e. The Morgan fingerprint density at radius 2 is 1.91 bits per heavy atom. The minimum absolute atomic E-state index is 0.135. The fourth-order valence-corrected chi connectivity index (χ4v) is 4.30. The topological polar surface area (TPSA) is 151 Å². The lowest BCUT2D eigenvalue weighted by atomic mass is 10.0. The molecule has 0 bridgehead atoms. The van der Waals surface area contributed by atoms with Crippen LogP contribution in [0.3, 0.4) is 0 Å². The fourth-order valence-electron chi connectivity index (χ4n) is 3.16. The number of carbonyl (C=O) groups excluding carboxylic acids is 1. The van der Waals surface area contributed by atoms with Gasteiger partial charge in [-0.15, -0.1) is 0 Å². The molecule has 0 fully saturated rings. The van der Waals surface area contributed by atoms with Gasteiger partial charge < -0.3 is 4.98 Å². The molecule has 0 aliphatic heterocycles.